The molecule has 0 aliphatic heterocycles. The van der Waals surface area contributed by atoms with E-state index in [9.17, 15) is 9.59 Å². The molecule has 0 saturated carbocycles. The Morgan fingerprint density at radius 2 is 1.74 bits per heavy atom. The summed E-state index contributed by atoms with van der Waals surface area (Å²) in [5.74, 6) is -0.317. The van der Waals surface area contributed by atoms with Crippen molar-refractivity contribution in [3.63, 3.8) is 0 Å². The third kappa shape index (κ3) is 4.43. The van der Waals surface area contributed by atoms with Gasteiger partial charge in [-0.2, -0.15) is 0 Å². The maximum absolute atomic E-state index is 12.5. The number of nitrogens with zero attached hydrogens (tertiary/aromatic N) is 2. The van der Waals surface area contributed by atoms with E-state index in [4.69, 9.17) is 0 Å². The third-order valence-corrected chi connectivity index (χ3v) is 5.12. The number of anilines is 3. The predicted octanol–water partition coefficient (Wildman–Crippen LogP) is 4.35. The highest BCUT2D eigenvalue weighted by atomic mass is 32.1. The van der Waals surface area contributed by atoms with E-state index in [1.807, 2.05) is 36.4 Å². The van der Waals surface area contributed by atoms with Crippen molar-refractivity contribution in [2.24, 2.45) is 0 Å². The van der Waals surface area contributed by atoms with E-state index in [0.29, 0.717) is 16.4 Å². The fraction of sp³-hybridized carbons (Fsp3) is 0.250. The highest BCUT2D eigenvalue weighted by molar-refractivity contribution is 7.22. The molecule has 2 aromatic carbocycles. The van der Waals surface area contributed by atoms with Crippen molar-refractivity contribution < 1.29 is 9.59 Å². The van der Waals surface area contributed by atoms with E-state index >= 15 is 0 Å². The molecule has 0 aliphatic rings. The summed E-state index contributed by atoms with van der Waals surface area (Å²) in [5.41, 5.74) is 3.18. The third-order valence-electron chi connectivity index (χ3n) is 4.19. The molecule has 3 rings (SSSR count). The second-order valence-electron chi connectivity index (χ2n) is 6.06. The molecule has 140 valence electrons. The first kappa shape index (κ1) is 18.8. The van der Waals surface area contributed by atoms with Crippen molar-refractivity contribution in [2.75, 3.05) is 28.6 Å². The van der Waals surface area contributed by atoms with Gasteiger partial charge >= 0.3 is 0 Å². The summed E-state index contributed by atoms with van der Waals surface area (Å²) < 4.78 is 0.897. The lowest BCUT2D eigenvalue weighted by Crippen LogP contribution is -2.21. The number of thiazole rings is 1. The molecule has 7 heteroatoms. The Labute approximate surface area is 162 Å². The van der Waals surface area contributed by atoms with Crippen molar-refractivity contribution in [3.05, 3.63) is 48.0 Å². The molecule has 0 aliphatic carbocycles. The van der Waals surface area contributed by atoms with Crippen LogP contribution in [0, 0.1) is 0 Å². The van der Waals surface area contributed by atoms with Gasteiger partial charge in [0.05, 0.1) is 10.2 Å². The summed E-state index contributed by atoms with van der Waals surface area (Å²) in [7, 11) is 0. The van der Waals surface area contributed by atoms with Gasteiger partial charge < -0.3 is 10.2 Å². The second-order valence-corrected chi connectivity index (χ2v) is 7.09. The van der Waals surface area contributed by atoms with Crippen LogP contribution < -0.4 is 15.5 Å². The smallest absolute Gasteiger partial charge is 0.257 e. The largest absolute Gasteiger partial charge is 0.372 e. The van der Waals surface area contributed by atoms with Crippen LogP contribution in [-0.2, 0) is 4.79 Å². The van der Waals surface area contributed by atoms with Crippen LogP contribution in [0.4, 0.5) is 16.5 Å². The monoisotopic (exact) mass is 382 g/mol. The Bertz CT molecular complexity index is 962. The Hall–Kier alpha value is -2.93. The Morgan fingerprint density at radius 1 is 1.04 bits per heavy atom. The van der Waals surface area contributed by atoms with E-state index in [1.54, 1.807) is 6.07 Å². The van der Waals surface area contributed by atoms with Crippen molar-refractivity contribution in [2.45, 2.75) is 20.8 Å². The first-order valence-electron chi connectivity index (χ1n) is 8.84. The van der Waals surface area contributed by atoms with E-state index < -0.39 is 0 Å². The number of amides is 2. The van der Waals surface area contributed by atoms with Crippen molar-refractivity contribution in [1.29, 1.82) is 0 Å². The number of fused-ring (bicyclic) bond motifs is 1. The minimum Gasteiger partial charge on any atom is -0.372 e. The van der Waals surface area contributed by atoms with Gasteiger partial charge in [-0.05, 0) is 56.3 Å². The fourth-order valence-electron chi connectivity index (χ4n) is 2.84. The van der Waals surface area contributed by atoms with E-state index in [1.165, 1.54) is 18.3 Å². The van der Waals surface area contributed by atoms with Crippen molar-refractivity contribution >= 4 is 49.9 Å². The number of aromatic nitrogens is 1. The molecule has 0 atom stereocenters. The maximum atomic E-state index is 12.5. The average Bonchev–Trinajstić information content (AvgIpc) is 3.04. The molecule has 1 heterocycles. The highest BCUT2D eigenvalue weighted by Crippen LogP contribution is 2.29. The molecule has 0 unspecified atom stereocenters. The van der Waals surface area contributed by atoms with Crippen LogP contribution in [0.25, 0.3) is 10.2 Å². The molecule has 2 amide bonds. The molecule has 3 aromatic rings. The van der Waals surface area contributed by atoms with Crippen molar-refractivity contribution in [3.8, 4) is 0 Å². The quantitative estimate of drug-likeness (QED) is 0.664. The Balaban J connectivity index is 1.74. The molecule has 0 bridgehead atoms. The molecule has 0 radical (unpaired) electrons. The number of benzene rings is 2. The first-order valence-corrected chi connectivity index (χ1v) is 9.66. The number of rotatable bonds is 6. The zero-order valence-corrected chi connectivity index (χ0v) is 16.4. The minimum atomic E-state index is -0.192. The summed E-state index contributed by atoms with van der Waals surface area (Å²) >= 11 is 1.37. The summed E-state index contributed by atoms with van der Waals surface area (Å²) in [5, 5.41) is 6.13. The van der Waals surface area contributed by atoms with Gasteiger partial charge in [0, 0.05) is 37.0 Å². The maximum Gasteiger partial charge on any atom is 0.257 e. The van der Waals surface area contributed by atoms with Crippen LogP contribution in [0.3, 0.4) is 0 Å². The number of nitrogens with one attached hydrogen (secondary N) is 2. The van der Waals surface area contributed by atoms with Crippen LogP contribution in [0.15, 0.2) is 42.5 Å². The summed E-state index contributed by atoms with van der Waals surface area (Å²) in [6.45, 7) is 7.53. The van der Waals surface area contributed by atoms with Crippen LogP contribution in [0.1, 0.15) is 31.1 Å². The Morgan fingerprint density at radius 3 is 2.37 bits per heavy atom. The van der Waals surface area contributed by atoms with Gasteiger partial charge in [-0.25, -0.2) is 4.98 Å². The lowest BCUT2D eigenvalue weighted by molar-refractivity contribution is -0.114. The molecule has 27 heavy (non-hydrogen) atoms. The molecule has 0 spiro atoms. The summed E-state index contributed by atoms with van der Waals surface area (Å²) in [4.78, 5) is 30.3. The molecule has 0 fully saturated rings. The van der Waals surface area contributed by atoms with Gasteiger partial charge in [0.25, 0.3) is 5.91 Å². The molecule has 0 saturated heterocycles. The van der Waals surface area contributed by atoms with Crippen LogP contribution in [0.5, 0.6) is 0 Å². The van der Waals surface area contributed by atoms with Gasteiger partial charge in [0.15, 0.2) is 5.13 Å². The van der Waals surface area contributed by atoms with Gasteiger partial charge in [0.1, 0.15) is 0 Å². The zero-order chi connectivity index (χ0) is 19.4. The molecule has 6 nitrogen and oxygen atoms in total. The number of carbonyl (C=O) groups is 2. The van der Waals surface area contributed by atoms with Crippen LogP contribution in [-0.4, -0.2) is 29.9 Å². The Kier molecular flexibility index (Phi) is 5.71. The van der Waals surface area contributed by atoms with Gasteiger partial charge in [-0.15, -0.1) is 0 Å². The fourth-order valence-corrected chi connectivity index (χ4v) is 3.74. The topological polar surface area (TPSA) is 74.3 Å². The summed E-state index contributed by atoms with van der Waals surface area (Å²) in [6, 6.07) is 13.0. The summed E-state index contributed by atoms with van der Waals surface area (Å²) in [6.07, 6.45) is 0. The number of hydrogen-bond donors (Lipinski definition) is 2. The van der Waals surface area contributed by atoms with Crippen LogP contribution >= 0.6 is 11.3 Å². The lowest BCUT2D eigenvalue weighted by Gasteiger charge is -2.20. The van der Waals surface area contributed by atoms with E-state index in [2.05, 4.69) is 34.4 Å². The number of carbonyl (C=O) groups excluding carboxylic acids is 2. The molecular weight excluding hydrogens is 360 g/mol. The predicted molar refractivity (Wildman–Crippen MR) is 112 cm³/mol. The standard InChI is InChI=1S/C20H22N4O2S/c1-4-24(5-2)16-9-6-14(7-10-16)19(26)23-20-22-17-11-8-15(21-13(3)25)12-18(17)27-20/h6-12H,4-5H2,1-3H3,(H,21,25)(H,22,23,26). The number of hydrogen-bond acceptors (Lipinski definition) is 5. The van der Waals surface area contributed by atoms with Gasteiger partial charge in [0.2, 0.25) is 5.91 Å². The van der Waals surface area contributed by atoms with Crippen LogP contribution in [0.2, 0.25) is 0 Å². The normalized spacial score (nSPS) is 10.6. The highest BCUT2D eigenvalue weighted by Gasteiger charge is 2.11. The first-order chi connectivity index (χ1) is 13.0. The molecular formula is C20H22N4O2S. The van der Waals surface area contributed by atoms with E-state index in [-0.39, 0.29) is 11.8 Å². The molecule has 2 N–H and O–H groups in total. The SMILES string of the molecule is CCN(CC)c1ccc(C(=O)Nc2nc3ccc(NC(C)=O)cc3s2)cc1. The lowest BCUT2D eigenvalue weighted by atomic mass is 10.2. The second kappa shape index (κ2) is 8.18. The molecule has 1 aromatic heterocycles. The van der Waals surface area contributed by atoms with Gasteiger partial charge in [-0.1, -0.05) is 11.3 Å². The van der Waals surface area contributed by atoms with Gasteiger partial charge in [-0.3, -0.25) is 14.9 Å². The minimum absolute atomic E-state index is 0.124. The van der Waals surface area contributed by atoms with E-state index in [0.717, 1.165) is 29.0 Å². The zero-order valence-electron chi connectivity index (χ0n) is 15.6. The average molecular weight is 382 g/mol. The van der Waals surface area contributed by atoms with Crippen molar-refractivity contribution in [1.82, 2.24) is 4.98 Å².